The third kappa shape index (κ3) is 3.76. The van der Waals surface area contributed by atoms with E-state index in [1.165, 1.54) is 26.8 Å². The lowest BCUT2D eigenvalue weighted by Crippen LogP contribution is -2.03. The van der Waals surface area contributed by atoms with Gasteiger partial charge in [0.25, 0.3) is 0 Å². The number of aromatic amines is 2. The van der Waals surface area contributed by atoms with Crippen LogP contribution >= 0.6 is 28.5 Å². The molecule has 0 spiro atoms. The minimum Gasteiger partial charge on any atom is -0.341 e. The molecule has 0 aliphatic heterocycles. The lowest BCUT2D eigenvalue weighted by atomic mass is 9.89. The normalized spacial score (nSPS) is 13.2. The maximum Gasteiger partial charge on any atom is 0.146 e. The molecule has 0 saturated heterocycles. The summed E-state index contributed by atoms with van der Waals surface area (Å²) in [5.41, 5.74) is 9.36. The number of fused-ring (bicyclic) bond motifs is 4. The van der Waals surface area contributed by atoms with Crippen molar-refractivity contribution in [1.82, 2.24) is 19.9 Å². The van der Waals surface area contributed by atoms with Crippen molar-refractivity contribution in [2.24, 2.45) is 0 Å². The molecular weight excluding hydrogens is 470 g/mol. The Kier molecular flexibility index (Phi) is 5.26. The number of hydrogen-bond donors (Lipinski definition) is 2. The number of thiophene rings is 1. The molecule has 0 fully saturated rings. The van der Waals surface area contributed by atoms with Crippen LogP contribution in [0.2, 0.25) is 0 Å². The number of H-pyrrole nitrogens is 2. The van der Waals surface area contributed by atoms with Crippen LogP contribution in [0.15, 0.2) is 48.7 Å². The van der Waals surface area contributed by atoms with E-state index in [-0.39, 0.29) is 17.2 Å². The first-order valence-electron chi connectivity index (χ1n) is 10.4. The molecule has 0 saturated carbocycles. The van der Waals surface area contributed by atoms with Crippen molar-refractivity contribution in [2.75, 3.05) is 0 Å². The molecule has 0 radical (unpaired) electrons. The molecular formula is C24H18N4O2P2S. The maximum absolute atomic E-state index is 10.9. The molecule has 6 nitrogen and oxygen atoms in total. The number of carbonyl (C=O) groups is 2. The van der Waals surface area contributed by atoms with E-state index in [2.05, 4.69) is 62.4 Å². The molecule has 6 rings (SSSR count). The number of carbonyl (C=O) groups excluding carboxylic acids is 2. The number of imidazole rings is 2. The maximum atomic E-state index is 10.9. The molecule has 1 aliphatic carbocycles. The van der Waals surface area contributed by atoms with Gasteiger partial charge in [0.2, 0.25) is 0 Å². The molecule has 2 atom stereocenters. The first-order valence-corrected chi connectivity index (χ1v) is 13.4. The average molecular weight is 488 g/mol. The third-order valence-electron chi connectivity index (χ3n) is 5.87. The van der Waals surface area contributed by atoms with E-state index in [0.29, 0.717) is 5.57 Å². The topological polar surface area (TPSA) is 91.5 Å². The number of hydrogen-bond acceptors (Lipinski definition) is 5. The number of nitrogens with one attached hydrogen (secondary N) is 2. The van der Waals surface area contributed by atoms with Crippen molar-refractivity contribution in [3.05, 3.63) is 59.9 Å². The zero-order chi connectivity index (χ0) is 22.4. The molecule has 2 aromatic carbocycles. The van der Waals surface area contributed by atoms with Crippen LogP contribution in [0.4, 0.5) is 0 Å². The van der Waals surface area contributed by atoms with Crippen LogP contribution in [0.5, 0.6) is 0 Å². The summed E-state index contributed by atoms with van der Waals surface area (Å²) >= 11 is 1.72. The van der Waals surface area contributed by atoms with Gasteiger partial charge in [0.1, 0.15) is 23.2 Å². The van der Waals surface area contributed by atoms with Crippen molar-refractivity contribution < 1.29 is 9.59 Å². The minimum atomic E-state index is 0.0488. The van der Waals surface area contributed by atoms with Gasteiger partial charge in [-0.2, -0.15) is 0 Å². The summed E-state index contributed by atoms with van der Waals surface area (Å²) in [6, 6.07) is 17.1. The zero-order valence-electron chi connectivity index (χ0n) is 17.3. The Hall–Kier alpha value is -2.98. The van der Waals surface area contributed by atoms with Gasteiger partial charge in [0, 0.05) is 33.1 Å². The molecule has 2 N–H and O–H groups in total. The van der Waals surface area contributed by atoms with E-state index in [9.17, 15) is 9.59 Å². The highest BCUT2D eigenvalue weighted by atomic mass is 32.1. The van der Waals surface area contributed by atoms with Gasteiger partial charge in [-0.3, -0.25) is 9.59 Å². The number of nitrogens with zero attached hydrogens (tertiary/aromatic N) is 2. The van der Waals surface area contributed by atoms with Crippen LogP contribution in [0.25, 0.3) is 43.0 Å². The largest absolute Gasteiger partial charge is 0.341 e. The second-order valence-corrected chi connectivity index (χ2v) is 10.9. The number of aryl methyl sites for hydroxylation is 2. The highest BCUT2D eigenvalue weighted by Crippen LogP contribution is 2.37. The van der Waals surface area contributed by atoms with Crippen LogP contribution < -0.4 is 11.1 Å². The fourth-order valence-electron chi connectivity index (χ4n) is 4.33. The van der Waals surface area contributed by atoms with Crippen molar-refractivity contribution >= 4 is 61.8 Å². The smallest absolute Gasteiger partial charge is 0.146 e. The number of benzene rings is 2. The predicted octanol–water partition coefficient (Wildman–Crippen LogP) is 4.44. The first-order chi connectivity index (χ1) is 16.2. The molecule has 33 heavy (non-hydrogen) atoms. The summed E-state index contributed by atoms with van der Waals surface area (Å²) in [6.45, 7) is 0. The van der Waals surface area contributed by atoms with Gasteiger partial charge in [0.05, 0.1) is 22.5 Å². The van der Waals surface area contributed by atoms with E-state index in [1.54, 1.807) is 17.5 Å². The highest BCUT2D eigenvalue weighted by molar-refractivity contribution is 7.62. The van der Waals surface area contributed by atoms with Gasteiger partial charge in [-0.05, 0) is 47.1 Å². The van der Waals surface area contributed by atoms with Gasteiger partial charge in [-0.1, -0.05) is 30.3 Å². The molecule has 0 bridgehead atoms. The summed E-state index contributed by atoms with van der Waals surface area (Å²) in [5, 5.41) is 1.19. The van der Waals surface area contributed by atoms with Crippen LogP contribution in [-0.2, 0) is 22.4 Å². The molecule has 1 aliphatic rings. The van der Waals surface area contributed by atoms with Crippen LogP contribution in [0.1, 0.15) is 11.3 Å². The fraction of sp³-hybridized carbons (Fsp3) is 0.0833. The molecule has 3 heterocycles. The molecule has 3 aromatic heterocycles. The van der Waals surface area contributed by atoms with Gasteiger partial charge in [-0.25, -0.2) is 9.97 Å². The van der Waals surface area contributed by atoms with Crippen molar-refractivity contribution in [3.63, 3.8) is 0 Å². The molecule has 162 valence electrons. The van der Waals surface area contributed by atoms with Crippen molar-refractivity contribution in [1.29, 1.82) is 0 Å². The Morgan fingerprint density at radius 3 is 2.61 bits per heavy atom. The fourth-order valence-corrected chi connectivity index (χ4v) is 6.36. The minimum absolute atomic E-state index is 0.0488. The molecule has 9 heteroatoms. The number of aromatic nitrogens is 4. The second kappa shape index (κ2) is 8.42. The van der Waals surface area contributed by atoms with Gasteiger partial charge >= 0.3 is 0 Å². The quantitative estimate of drug-likeness (QED) is 0.273. The molecule has 5 aromatic rings. The average Bonchev–Trinajstić information content (AvgIpc) is 3.56. The van der Waals surface area contributed by atoms with Crippen LogP contribution in [0.3, 0.4) is 0 Å². The summed E-state index contributed by atoms with van der Waals surface area (Å²) in [4.78, 5) is 38.3. The van der Waals surface area contributed by atoms with Crippen LogP contribution in [0, 0.1) is 0 Å². The Morgan fingerprint density at radius 2 is 1.73 bits per heavy atom. The third-order valence-corrected chi connectivity index (χ3v) is 8.27. The Labute approximate surface area is 196 Å². The Bertz CT molecular complexity index is 1530. The van der Waals surface area contributed by atoms with Crippen LogP contribution in [-0.4, -0.2) is 32.0 Å². The van der Waals surface area contributed by atoms with Crippen molar-refractivity contribution in [3.8, 4) is 33.0 Å². The van der Waals surface area contributed by atoms with E-state index >= 15 is 0 Å². The van der Waals surface area contributed by atoms with E-state index in [1.807, 2.05) is 0 Å². The monoisotopic (exact) mass is 488 g/mol. The van der Waals surface area contributed by atoms with E-state index in [4.69, 9.17) is 0 Å². The number of rotatable bonds is 6. The standard InChI is InChI=1S/C24H18N4O2P2S/c29-11-31-23-25-10-19(27-23)21-9-16-2-1-14(8-20(16)33-21)13-3-5-17-15(7-13)4-6-18-22(17)28-24(26-18)32-12-30/h1-3,5,7-12,31-32H,4,6H2,(H,25,27)(H,26,28). The lowest BCUT2D eigenvalue weighted by Gasteiger charge is -2.16. The zero-order valence-corrected chi connectivity index (χ0v) is 20.1. The van der Waals surface area contributed by atoms with Gasteiger partial charge in [0.15, 0.2) is 0 Å². The molecule has 2 unspecified atom stereocenters. The Morgan fingerprint density at radius 1 is 0.909 bits per heavy atom. The van der Waals surface area contributed by atoms with Crippen molar-refractivity contribution in [2.45, 2.75) is 12.8 Å². The summed E-state index contributed by atoms with van der Waals surface area (Å²) < 4.78 is 1.21. The van der Waals surface area contributed by atoms with E-state index in [0.717, 1.165) is 58.0 Å². The SMILES string of the molecule is O=CPc1ncc(-c2cc3ccc(-c4ccc5c(c4)CCc4[nH]c(PC=O)nc4-5)cc3s2)[nH]1. The predicted molar refractivity (Wildman–Crippen MR) is 139 cm³/mol. The Balaban J connectivity index is 1.34. The second-order valence-electron chi connectivity index (χ2n) is 7.82. The summed E-state index contributed by atoms with van der Waals surface area (Å²) in [6.07, 6.45) is 3.66. The highest BCUT2D eigenvalue weighted by Gasteiger charge is 2.21. The lowest BCUT2D eigenvalue weighted by molar-refractivity contribution is 0.569. The van der Waals surface area contributed by atoms with Gasteiger partial charge in [-0.15, -0.1) is 11.3 Å². The summed E-state index contributed by atoms with van der Waals surface area (Å²) in [5.74, 6) is 0. The van der Waals surface area contributed by atoms with Gasteiger partial charge < -0.3 is 9.97 Å². The molecule has 0 amide bonds. The first kappa shape index (κ1) is 20.6. The summed E-state index contributed by atoms with van der Waals surface area (Å²) in [7, 11) is 0.115. The van der Waals surface area contributed by atoms with E-state index < -0.39 is 0 Å².